The second-order valence-corrected chi connectivity index (χ2v) is 6.57. The van der Waals surface area contributed by atoms with Gasteiger partial charge in [-0.05, 0) is 29.2 Å². The van der Waals surface area contributed by atoms with E-state index in [4.69, 9.17) is 11.2 Å². The first-order chi connectivity index (χ1) is 14.1. The summed E-state index contributed by atoms with van der Waals surface area (Å²) in [5.41, 5.74) is 2.85. The van der Waals surface area contributed by atoms with E-state index >= 15 is 0 Å². The van der Waals surface area contributed by atoms with Crippen LogP contribution >= 0.6 is 0 Å². The van der Waals surface area contributed by atoms with Crippen LogP contribution in [0.5, 0.6) is 6.01 Å². The van der Waals surface area contributed by atoms with Crippen LogP contribution in [-0.4, -0.2) is 32.4 Å². The van der Waals surface area contributed by atoms with Crippen LogP contribution in [0.2, 0.25) is 0 Å². The summed E-state index contributed by atoms with van der Waals surface area (Å²) >= 11 is 0. The monoisotopic (exact) mass is 389 g/mol. The van der Waals surface area contributed by atoms with Gasteiger partial charge in [0.15, 0.2) is 0 Å². The average molecular weight is 389 g/mol. The molecule has 29 heavy (non-hydrogen) atoms. The van der Waals surface area contributed by atoms with E-state index in [0.717, 1.165) is 23.4 Å². The highest BCUT2D eigenvalue weighted by Gasteiger charge is 2.13. The molecular weight excluding hydrogens is 366 g/mol. The maximum absolute atomic E-state index is 11.5. The summed E-state index contributed by atoms with van der Waals surface area (Å²) in [5, 5.41) is 13.8. The molecule has 0 aliphatic rings. The lowest BCUT2D eigenvalue weighted by atomic mass is 9.99. The molecule has 0 unspecified atom stereocenters. The minimum Gasteiger partial charge on any atom is -0.478 e. The van der Waals surface area contributed by atoms with E-state index < -0.39 is 5.97 Å². The van der Waals surface area contributed by atoms with Gasteiger partial charge in [0.25, 0.3) is 0 Å². The van der Waals surface area contributed by atoms with Crippen molar-refractivity contribution in [2.24, 2.45) is 0 Å². The van der Waals surface area contributed by atoms with E-state index in [1.165, 1.54) is 0 Å². The van der Waals surface area contributed by atoms with E-state index in [1.54, 1.807) is 12.1 Å². The molecule has 0 aliphatic carbocycles. The van der Waals surface area contributed by atoms with Gasteiger partial charge < -0.3 is 9.84 Å². The first kappa shape index (κ1) is 20.2. The summed E-state index contributed by atoms with van der Waals surface area (Å²) < 4.78 is 7.36. The molecule has 1 aromatic heterocycles. The third-order valence-electron chi connectivity index (χ3n) is 4.41. The van der Waals surface area contributed by atoms with Crippen LogP contribution in [0.4, 0.5) is 0 Å². The second kappa shape index (κ2) is 9.56. The first-order valence-corrected chi connectivity index (χ1v) is 9.54. The third kappa shape index (κ3) is 5.02. The minimum atomic E-state index is -0.940. The highest BCUT2D eigenvalue weighted by Crippen LogP contribution is 2.24. The number of terminal acetylenes is 1. The number of hydrogen-bond acceptors (Lipinski definition) is 4. The van der Waals surface area contributed by atoms with Gasteiger partial charge in [-0.3, -0.25) is 0 Å². The molecule has 0 amide bonds. The van der Waals surface area contributed by atoms with Gasteiger partial charge in [0.2, 0.25) is 0 Å². The Kier molecular flexibility index (Phi) is 6.64. The van der Waals surface area contributed by atoms with Gasteiger partial charge in [0.1, 0.15) is 5.82 Å². The molecule has 0 aliphatic heterocycles. The van der Waals surface area contributed by atoms with E-state index in [2.05, 4.69) is 16.0 Å². The fourth-order valence-corrected chi connectivity index (χ4v) is 2.99. The number of benzene rings is 2. The van der Waals surface area contributed by atoms with Gasteiger partial charge in [-0.1, -0.05) is 49.4 Å². The molecule has 0 atom stereocenters. The zero-order valence-corrected chi connectivity index (χ0v) is 16.3. The zero-order valence-electron chi connectivity index (χ0n) is 16.3. The van der Waals surface area contributed by atoms with Crippen molar-refractivity contribution in [3.63, 3.8) is 0 Å². The summed E-state index contributed by atoms with van der Waals surface area (Å²) in [6, 6.07) is 15.1. The molecule has 3 rings (SSSR count). The number of carboxylic acid groups (broad SMARTS) is 1. The van der Waals surface area contributed by atoms with Crippen LogP contribution in [0.1, 0.15) is 41.5 Å². The summed E-state index contributed by atoms with van der Waals surface area (Å²) in [6.07, 6.45) is 7.48. The van der Waals surface area contributed by atoms with Crippen LogP contribution in [0.25, 0.3) is 11.1 Å². The quantitative estimate of drug-likeness (QED) is 0.559. The lowest BCUT2D eigenvalue weighted by Crippen LogP contribution is -2.07. The second-order valence-electron chi connectivity index (χ2n) is 6.57. The standard InChI is InChI=1S/C23H23N3O3/c1-3-5-10-21-24-23(29-15-4-2)25-26(21)16-17-11-13-18(14-12-17)19-8-6-7-9-20(19)22(27)28/h1,6-9,11-14H,4-5,10,15-16H2,2H3,(H,27,28). The minimum absolute atomic E-state index is 0.283. The number of ether oxygens (including phenoxy) is 1. The molecule has 0 spiro atoms. The summed E-state index contributed by atoms with van der Waals surface area (Å²) in [7, 11) is 0. The fourth-order valence-electron chi connectivity index (χ4n) is 2.99. The lowest BCUT2D eigenvalue weighted by Gasteiger charge is -2.08. The Hall–Kier alpha value is -3.59. The molecule has 2 aromatic carbocycles. The van der Waals surface area contributed by atoms with Crippen molar-refractivity contribution < 1.29 is 14.6 Å². The number of aryl methyl sites for hydroxylation is 1. The van der Waals surface area contributed by atoms with Crippen LogP contribution in [0.3, 0.4) is 0 Å². The Morgan fingerprint density at radius 1 is 1.21 bits per heavy atom. The Bertz CT molecular complexity index is 1020. The topological polar surface area (TPSA) is 77.2 Å². The van der Waals surface area contributed by atoms with Crippen molar-refractivity contribution in [1.82, 2.24) is 14.8 Å². The van der Waals surface area contributed by atoms with Crippen molar-refractivity contribution in [2.75, 3.05) is 6.61 Å². The highest BCUT2D eigenvalue weighted by molar-refractivity contribution is 5.95. The van der Waals surface area contributed by atoms with Crippen LogP contribution in [-0.2, 0) is 13.0 Å². The maximum Gasteiger partial charge on any atom is 0.336 e. The molecule has 1 heterocycles. The lowest BCUT2D eigenvalue weighted by molar-refractivity contribution is 0.0697. The molecule has 0 bridgehead atoms. The van der Waals surface area contributed by atoms with Gasteiger partial charge in [0.05, 0.1) is 18.7 Å². The number of aromatic carboxylic acids is 1. The maximum atomic E-state index is 11.5. The molecule has 6 heteroatoms. The smallest absolute Gasteiger partial charge is 0.336 e. The SMILES string of the molecule is C#CCCc1nc(OCCC)nn1Cc1ccc(-c2ccccc2C(=O)O)cc1. The van der Waals surface area contributed by atoms with Crippen molar-refractivity contribution in [1.29, 1.82) is 0 Å². The van der Waals surface area contributed by atoms with Crippen LogP contribution in [0.15, 0.2) is 48.5 Å². The molecule has 0 saturated carbocycles. The number of aromatic nitrogens is 3. The molecular formula is C23H23N3O3. The zero-order chi connectivity index (χ0) is 20.6. The summed E-state index contributed by atoms with van der Waals surface area (Å²) in [6.45, 7) is 3.12. The van der Waals surface area contributed by atoms with Gasteiger partial charge in [-0.2, -0.15) is 4.98 Å². The van der Waals surface area contributed by atoms with Crippen molar-refractivity contribution >= 4 is 5.97 Å². The summed E-state index contributed by atoms with van der Waals surface area (Å²) in [4.78, 5) is 15.9. The van der Waals surface area contributed by atoms with Crippen LogP contribution < -0.4 is 4.74 Å². The predicted molar refractivity (Wildman–Crippen MR) is 111 cm³/mol. The van der Waals surface area contributed by atoms with Gasteiger partial charge in [-0.15, -0.1) is 17.4 Å². The van der Waals surface area contributed by atoms with Crippen molar-refractivity contribution in [2.45, 2.75) is 32.7 Å². The first-order valence-electron chi connectivity index (χ1n) is 9.54. The molecule has 148 valence electrons. The summed E-state index contributed by atoms with van der Waals surface area (Å²) in [5.74, 6) is 2.48. The third-order valence-corrected chi connectivity index (χ3v) is 4.41. The van der Waals surface area contributed by atoms with Gasteiger partial charge >= 0.3 is 12.0 Å². The Labute approximate surface area is 170 Å². The van der Waals surface area contributed by atoms with E-state index in [9.17, 15) is 9.90 Å². The van der Waals surface area contributed by atoms with E-state index in [1.807, 2.05) is 48.0 Å². The average Bonchev–Trinajstić information content (AvgIpc) is 3.12. The largest absolute Gasteiger partial charge is 0.478 e. The molecule has 3 aromatic rings. The molecule has 6 nitrogen and oxygen atoms in total. The van der Waals surface area contributed by atoms with Crippen LogP contribution in [0, 0.1) is 12.3 Å². The number of hydrogen-bond donors (Lipinski definition) is 1. The van der Waals surface area contributed by atoms with E-state index in [-0.39, 0.29) is 5.56 Å². The number of carboxylic acids is 1. The number of nitrogens with zero attached hydrogens (tertiary/aromatic N) is 3. The van der Waals surface area contributed by atoms with Crippen molar-refractivity contribution in [3.05, 3.63) is 65.5 Å². The van der Waals surface area contributed by atoms with E-state index in [0.29, 0.717) is 37.6 Å². The van der Waals surface area contributed by atoms with Gasteiger partial charge in [-0.25, -0.2) is 9.48 Å². The molecule has 0 radical (unpaired) electrons. The number of rotatable bonds is 9. The molecule has 0 saturated heterocycles. The Morgan fingerprint density at radius 3 is 2.66 bits per heavy atom. The Morgan fingerprint density at radius 2 is 1.97 bits per heavy atom. The van der Waals surface area contributed by atoms with Gasteiger partial charge in [0, 0.05) is 12.8 Å². The Balaban J connectivity index is 1.82. The molecule has 0 fully saturated rings. The fraction of sp³-hybridized carbons (Fsp3) is 0.261. The number of carbonyl (C=O) groups is 1. The predicted octanol–water partition coefficient (Wildman–Crippen LogP) is 4.05. The highest BCUT2D eigenvalue weighted by atomic mass is 16.5. The molecule has 1 N–H and O–H groups in total. The normalized spacial score (nSPS) is 10.5. The van der Waals surface area contributed by atoms with Crippen molar-refractivity contribution in [3.8, 4) is 29.5 Å².